The van der Waals surface area contributed by atoms with Gasteiger partial charge in [-0.25, -0.2) is 9.59 Å². The molecule has 0 radical (unpaired) electrons. The first kappa shape index (κ1) is 17.7. The molecule has 19 heavy (non-hydrogen) atoms. The molecule has 1 N–H and O–H groups in total. The minimum atomic E-state index is -0.648. The van der Waals surface area contributed by atoms with Crippen molar-refractivity contribution in [1.29, 1.82) is 0 Å². The summed E-state index contributed by atoms with van der Waals surface area (Å²) in [6, 6.07) is -0.648. The minimum absolute atomic E-state index is 0.0602. The SMILES string of the molecule is CCCC(CC)C(NC(=O)OC(C)(C)C)C(=O)OC. The smallest absolute Gasteiger partial charge is 0.408 e. The van der Waals surface area contributed by atoms with Crippen LogP contribution in [0.2, 0.25) is 0 Å². The van der Waals surface area contributed by atoms with E-state index in [4.69, 9.17) is 9.47 Å². The number of nitrogens with one attached hydrogen (secondary N) is 1. The lowest BCUT2D eigenvalue weighted by Crippen LogP contribution is -2.48. The van der Waals surface area contributed by atoms with Gasteiger partial charge in [0, 0.05) is 0 Å². The summed E-state index contributed by atoms with van der Waals surface area (Å²) in [7, 11) is 1.32. The third-order valence-electron chi connectivity index (χ3n) is 2.78. The maximum atomic E-state index is 11.8. The predicted octanol–water partition coefficient (Wildman–Crippen LogP) is 2.88. The molecule has 0 fully saturated rings. The highest BCUT2D eigenvalue weighted by Gasteiger charge is 2.30. The Kier molecular flexibility index (Phi) is 7.49. The molecule has 2 unspecified atom stereocenters. The first-order chi connectivity index (χ1) is 8.75. The highest BCUT2D eigenvalue weighted by Crippen LogP contribution is 2.17. The fourth-order valence-electron chi connectivity index (χ4n) is 1.91. The van der Waals surface area contributed by atoms with E-state index in [1.165, 1.54) is 7.11 Å². The van der Waals surface area contributed by atoms with Gasteiger partial charge in [-0.1, -0.05) is 26.7 Å². The van der Waals surface area contributed by atoms with Gasteiger partial charge < -0.3 is 14.8 Å². The molecule has 0 saturated heterocycles. The zero-order chi connectivity index (χ0) is 15.1. The second-order valence-corrected chi connectivity index (χ2v) is 5.60. The maximum absolute atomic E-state index is 11.8. The lowest BCUT2D eigenvalue weighted by atomic mass is 9.92. The van der Waals surface area contributed by atoms with E-state index in [2.05, 4.69) is 5.32 Å². The van der Waals surface area contributed by atoms with Crippen LogP contribution in [-0.4, -0.2) is 30.8 Å². The number of rotatable bonds is 6. The molecule has 1 amide bonds. The van der Waals surface area contributed by atoms with Crippen molar-refractivity contribution in [3.05, 3.63) is 0 Å². The van der Waals surface area contributed by atoms with Gasteiger partial charge in [0.05, 0.1) is 7.11 Å². The molecule has 0 aliphatic heterocycles. The van der Waals surface area contributed by atoms with Crippen molar-refractivity contribution < 1.29 is 19.1 Å². The Bertz CT molecular complexity index is 296. The van der Waals surface area contributed by atoms with Crippen LogP contribution in [0.1, 0.15) is 53.9 Å². The van der Waals surface area contributed by atoms with E-state index in [9.17, 15) is 9.59 Å². The van der Waals surface area contributed by atoms with Gasteiger partial charge in [0.15, 0.2) is 0 Å². The van der Waals surface area contributed by atoms with Crippen LogP contribution in [-0.2, 0) is 14.3 Å². The normalized spacial score (nSPS) is 14.4. The summed E-state index contributed by atoms with van der Waals surface area (Å²) in [6.45, 7) is 9.38. The molecule has 2 atom stereocenters. The second-order valence-electron chi connectivity index (χ2n) is 5.60. The Morgan fingerprint density at radius 1 is 1.21 bits per heavy atom. The summed E-state index contributed by atoms with van der Waals surface area (Å²) >= 11 is 0. The zero-order valence-electron chi connectivity index (χ0n) is 12.9. The molecule has 112 valence electrons. The first-order valence-corrected chi connectivity index (χ1v) is 6.82. The monoisotopic (exact) mass is 273 g/mol. The third-order valence-corrected chi connectivity index (χ3v) is 2.78. The first-order valence-electron chi connectivity index (χ1n) is 6.82. The second kappa shape index (κ2) is 8.02. The summed E-state index contributed by atoms with van der Waals surface area (Å²) in [6.07, 6.45) is 2.01. The van der Waals surface area contributed by atoms with Gasteiger partial charge >= 0.3 is 12.1 Å². The highest BCUT2D eigenvalue weighted by molar-refractivity contribution is 5.81. The van der Waals surface area contributed by atoms with Crippen molar-refractivity contribution in [1.82, 2.24) is 5.32 Å². The molecule has 0 aromatic heterocycles. The van der Waals surface area contributed by atoms with Gasteiger partial charge in [-0.3, -0.25) is 0 Å². The molecule has 0 aromatic carbocycles. The summed E-state index contributed by atoms with van der Waals surface area (Å²) in [5.74, 6) is -0.365. The topological polar surface area (TPSA) is 64.6 Å². The maximum Gasteiger partial charge on any atom is 0.408 e. The van der Waals surface area contributed by atoms with Gasteiger partial charge in [0.2, 0.25) is 0 Å². The molecular formula is C14H27NO4. The van der Waals surface area contributed by atoms with Crippen molar-refractivity contribution >= 4 is 12.1 Å². The number of alkyl carbamates (subject to hydrolysis) is 1. The number of methoxy groups -OCH3 is 1. The van der Waals surface area contributed by atoms with Gasteiger partial charge in [0.1, 0.15) is 11.6 Å². The van der Waals surface area contributed by atoms with Crippen molar-refractivity contribution in [2.45, 2.75) is 65.5 Å². The third kappa shape index (κ3) is 7.03. The van der Waals surface area contributed by atoms with Crippen LogP contribution in [0.5, 0.6) is 0 Å². The summed E-state index contributed by atoms with van der Waals surface area (Å²) in [5.41, 5.74) is -0.586. The zero-order valence-corrected chi connectivity index (χ0v) is 12.9. The van der Waals surface area contributed by atoms with Crippen molar-refractivity contribution in [2.75, 3.05) is 7.11 Å². The number of carbonyl (C=O) groups excluding carboxylic acids is 2. The van der Waals surface area contributed by atoms with Gasteiger partial charge in [-0.15, -0.1) is 0 Å². The van der Waals surface area contributed by atoms with Gasteiger partial charge in [-0.05, 0) is 33.1 Å². The molecule has 0 aliphatic carbocycles. The van der Waals surface area contributed by atoms with E-state index < -0.39 is 23.7 Å². The van der Waals surface area contributed by atoms with Crippen molar-refractivity contribution in [3.8, 4) is 0 Å². The number of esters is 1. The van der Waals surface area contributed by atoms with Crippen LogP contribution in [0.4, 0.5) is 4.79 Å². The molecule has 0 aromatic rings. The van der Waals surface area contributed by atoms with Crippen LogP contribution < -0.4 is 5.32 Å². The molecule has 0 spiro atoms. The summed E-state index contributed by atoms with van der Waals surface area (Å²) < 4.78 is 9.94. The molecule has 0 rings (SSSR count). The van der Waals surface area contributed by atoms with Crippen LogP contribution >= 0.6 is 0 Å². The minimum Gasteiger partial charge on any atom is -0.467 e. The van der Waals surface area contributed by atoms with E-state index in [1.54, 1.807) is 20.8 Å². The number of ether oxygens (including phenoxy) is 2. The number of carbonyl (C=O) groups is 2. The van der Waals surface area contributed by atoms with Crippen LogP contribution in [0.25, 0.3) is 0 Å². The largest absolute Gasteiger partial charge is 0.467 e. The lowest BCUT2D eigenvalue weighted by Gasteiger charge is -2.27. The lowest BCUT2D eigenvalue weighted by molar-refractivity contribution is -0.144. The Labute approximate surface area is 116 Å². The van der Waals surface area contributed by atoms with Crippen LogP contribution in [0.15, 0.2) is 0 Å². The molecule has 5 heteroatoms. The number of hydrogen-bond acceptors (Lipinski definition) is 4. The van der Waals surface area contributed by atoms with E-state index in [-0.39, 0.29) is 5.92 Å². The van der Waals surface area contributed by atoms with Crippen LogP contribution in [0.3, 0.4) is 0 Å². The number of amides is 1. The fraction of sp³-hybridized carbons (Fsp3) is 0.857. The average Bonchev–Trinajstić information content (AvgIpc) is 2.30. The molecule has 0 saturated carbocycles. The van der Waals surface area contributed by atoms with E-state index in [0.717, 1.165) is 19.3 Å². The molecule has 0 aliphatic rings. The average molecular weight is 273 g/mol. The van der Waals surface area contributed by atoms with Crippen molar-refractivity contribution in [2.24, 2.45) is 5.92 Å². The predicted molar refractivity (Wildman–Crippen MR) is 73.9 cm³/mol. The van der Waals surface area contributed by atoms with Gasteiger partial charge in [-0.2, -0.15) is 0 Å². The Balaban J connectivity index is 4.76. The van der Waals surface area contributed by atoms with Gasteiger partial charge in [0.25, 0.3) is 0 Å². The fourth-order valence-corrected chi connectivity index (χ4v) is 1.91. The summed E-state index contributed by atoms with van der Waals surface area (Å²) in [5, 5.41) is 2.62. The van der Waals surface area contributed by atoms with Crippen LogP contribution in [0, 0.1) is 5.92 Å². The molecule has 5 nitrogen and oxygen atoms in total. The van der Waals surface area contributed by atoms with Crippen molar-refractivity contribution in [3.63, 3.8) is 0 Å². The standard InChI is InChI=1S/C14H27NO4/c1-7-9-10(8-2)11(12(16)18-6)15-13(17)19-14(3,4)5/h10-11H,7-9H2,1-6H3,(H,15,17). The highest BCUT2D eigenvalue weighted by atomic mass is 16.6. The molecule has 0 bridgehead atoms. The Hall–Kier alpha value is -1.26. The Morgan fingerprint density at radius 3 is 2.16 bits per heavy atom. The Morgan fingerprint density at radius 2 is 1.79 bits per heavy atom. The van der Waals surface area contributed by atoms with E-state index in [0.29, 0.717) is 0 Å². The van der Waals surface area contributed by atoms with E-state index >= 15 is 0 Å². The quantitative estimate of drug-likeness (QED) is 0.756. The number of hydrogen-bond donors (Lipinski definition) is 1. The van der Waals surface area contributed by atoms with E-state index in [1.807, 2.05) is 13.8 Å². The molecular weight excluding hydrogens is 246 g/mol. The summed E-state index contributed by atoms with van der Waals surface area (Å²) in [4.78, 5) is 23.6. The molecule has 0 heterocycles.